The highest BCUT2D eigenvalue weighted by molar-refractivity contribution is 5.94. The Morgan fingerprint density at radius 1 is 1.41 bits per heavy atom. The molecule has 1 unspecified atom stereocenters. The molecule has 2 N–H and O–H groups in total. The smallest absolute Gasteiger partial charge is 0.270 e. The van der Waals surface area contributed by atoms with Gasteiger partial charge in [-0.3, -0.25) is 4.79 Å². The van der Waals surface area contributed by atoms with Crippen LogP contribution in [0.4, 0.5) is 5.69 Å². The molecule has 2 heterocycles. The fourth-order valence-electron chi connectivity index (χ4n) is 2.71. The van der Waals surface area contributed by atoms with Crippen LogP contribution < -0.4 is 5.73 Å². The van der Waals surface area contributed by atoms with Crippen LogP contribution in [0.25, 0.3) is 0 Å². The second kappa shape index (κ2) is 3.79. The molecule has 1 amide bonds. The monoisotopic (exact) mass is 233 g/mol. The highest BCUT2D eigenvalue weighted by atomic mass is 16.2. The molecule has 1 atom stereocenters. The topological polar surface area (TPSA) is 51.3 Å². The molecule has 2 aliphatic rings. The summed E-state index contributed by atoms with van der Waals surface area (Å²) in [6.07, 6.45) is 6.48. The fraction of sp³-hybridized carbons (Fsp3) is 0.615. The molecule has 3 rings (SSSR count). The molecule has 1 saturated carbocycles. The summed E-state index contributed by atoms with van der Waals surface area (Å²) >= 11 is 0. The van der Waals surface area contributed by atoms with Crippen molar-refractivity contribution in [1.82, 2.24) is 9.47 Å². The number of nitrogens with zero attached hydrogens (tertiary/aromatic N) is 2. The second-order valence-corrected chi connectivity index (χ2v) is 5.29. The Labute approximate surface area is 101 Å². The zero-order valence-electron chi connectivity index (χ0n) is 10.2. The van der Waals surface area contributed by atoms with Crippen molar-refractivity contribution >= 4 is 11.6 Å². The molecular formula is C13H19N3O. The third kappa shape index (κ3) is 1.81. The summed E-state index contributed by atoms with van der Waals surface area (Å²) < 4.78 is 2.07. The van der Waals surface area contributed by atoms with Gasteiger partial charge in [-0.15, -0.1) is 0 Å². The molecule has 2 fully saturated rings. The average molecular weight is 233 g/mol. The van der Waals surface area contributed by atoms with Gasteiger partial charge < -0.3 is 15.2 Å². The van der Waals surface area contributed by atoms with Gasteiger partial charge in [0.25, 0.3) is 5.91 Å². The number of hydrogen-bond acceptors (Lipinski definition) is 2. The molecule has 4 nitrogen and oxygen atoms in total. The van der Waals surface area contributed by atoms with Crippen LogP contribution in [-0.4, -0.2) is 28.0 Å². The fourth-order valence-corrected chi connectivity index (χ4v) is 2.71. The molecule has 1 saturated heterocycles. The van der Waals surface area contributed by atoms with Crippen LogP contribution in [0, 0.1) is 0 Å². The summed E-state index contributed by atoms with van der Waals surface area (Å²) in [5.74, 6) is 0.151. The van der Waals surface area contributed by atoms with Gasteiger partial charge in [-0.1, -0.05) is 0 Å². The minimum Gasteiger partial charge on any atom is -0.397 e. The normalized spacial score (nSPS) is 24.3. The van der Waals surface area contributed by atoms with Gasteiger partial charge in [0.15, 0.2) is 0 Å². The second-order valence-electron chi connectivity index (χ2n) is 5.29. The van der Waals surface area contributed by atoms with Crippen LogP contribution in [-0.2, 0) is 0 Å². The van der Waals surface area contributed by atoms with Gasteiger partial charge in [0.05, 0.1) is 5.69 Å². The lowest BCUT2D eigenvalue weighted by atomic mass is 10.2. The summed E-state index contributed by atoms with van der Waals surface area (Å²) in [4.78, 5) is 14.5. The van der Waals surface area contributed by atoms with Crippen molar-refractivity contribution in [2.75, 3.05) is 12.3 Å². The number of carbonyl (C=O) groups excluding carboxylic acids is 1. The van der Waals surface area contributed by atoms with Gasteiger partial charge in [-0.2, -0.15) is 0 Å². The quantitative estimate of drug-likeness (QED) is 0.849. The van der Waals surface area contributed by atoms with Crippen LogP contribution in [0.1, 0.15) is 49.1 Å². The summed E-state index contributed by atoms with van der Waals surface area (Å²) in [6.45, 7) is 3.01. The molecule has 0 radical (unpaired) electrons. The number of likely N-dealkylation sites (tertiary alicyclic amines) is 1. The summed E-state index contributed by atoms with van der Waals surface area (Å²) in [5, 5.41) is 0. The van der Waals surface area contributed by atoms with Crippen molar-refractivity contribution in [2.24, 2.45) is 0 Å². The first-order chi connectivity index (χ1) is 8.16. The first kappa shape index (κ1) is 10.7. The average Bonchev–Trinajstić information content (AvgIpc) is 2.94. The van der Waals surface area contributed by atoms with E-state index in [1.807, 2.05) is 17.2 Å². The molecule has 4 heteroatoms. The van der Waals surface area contributed by atoms with E-state index in [2.05, 4.69) is 11.5 Å². The third-order valence-electron chi connectivity index (χ3n) is 3.84. The van der Waals surface area contributed by atoms with Crippen molar-refractivity contribution in [3.63, 3.8) is 0 Å². The number of hydrogen-bond donors (Lipinski definition) is 1. The van der Waals surface area contributed by atoms with Crippen molar-refractivity contribution in [3.8, 4) is 0 Å². The molecule has 1 aliphatic heterocycles. The predicted octanol–water partition coefficient (Wildman–Crippen LogP) is 2.03. The maximum Gasteiger partial charge on any atom is 0.270 e. The third-order valence-corrected chi connectivity index (χ3v) is 3.84. The number of carbonyl (C=O) groups is 1. The van der Waals surface area contributed by atoms with Gasteiger partial charge in [0, 0.05) is 24.8 Å². The highest BCUT2D eigenvalue weighted by Gasteiger charge is 2.32. The van der Waals surface area contributed by atoms with Crippen LogP contribution in [0.5, 0.6) is 0 Å². The van der Waals surface area contributed by atoms with Crippen molar-refractivity contribution < 1.29 is 4.79 Å². The first-order valence-corrected chi connectivity index (χ1v) is 6.45. The maximum atomic E-state index is 12.5. The van der Waals surface area contributed by atoms with Crippen LogP contribution in [0.15, 0.2) is 12.3 Å². The highest BCUT2D eigenvalue weighted by Crippen LogP contribution is 2.37. The largest absolute Gasteiger partial charge is 0.397 e. The van der Waals surface area contributed by atoms with E-state index in [4.69, 9.17) is 5.73 Å². The molecule has 1 aliphatic carbocycles. The van der Waals surface area contributed by atoms with Gasteiger partial charge in [-0.05, 0) is 38.7 Å². The summed E-state index contributed by atoms with van der Waals surface area (Å²) in [7, 11) is 0. The molecule has 1 aromatic rings. The minimum absolute atomic E-state index is 0.151. The predicted molar refractivity (Wildman–Crippen MR) is 66.8 cm³/mol. The van der Waals surface area contributed by atoms with E-state index in [1.54, 1.807) is 0 Å². The molecule has 0 spiro atoms. The SMILES string of the molecule is CC1CCCN1C(=O)c1cc(N)cn1C1CC1. The number of amides is 1. The first-order valence-electron chi connectivity index (χ1n) is 6.45. The molecule has 1 aromatic heterocycles. The van der Waals surface area contributed by atoms with Crippen LogP contribution in [0.3, 0.4) is 0 Å². The number of anilines is 1. The summed E-state index contributed by atoms with van der Waals surface area (Å²) in [6, 6.07) is 2.70. The Kier molecular flexibility index (Phi) is 2.38. The summed E-state index contributed by atoms with van der Waals surface area (Å²) in [5.41, 5.74) is 7.30. The van der Waals surface area contributed by atoms with Gasteiger partial charge >= 0.3 is 0 Å². The Bertz CT molecular complexity index is 448. The van der Waals surface area contributed by atoms with E-state index in [1.165, 1.54) is 12.8 Å². The standard InChI is InChI=1S/C13H19N3O/c1-9-3-2-6-15(9)13(17)12-7-10(14)8-16(12)11-4-5-11/h7-9,11H,2-6,14H2,1H3. The Morgan fingerprint density at radius 3 is 2.76 bits per heavy atom. The Balaban J connectivity index is 1.89. The molecule has 17 heavy (non-hydrogen) atoms. The number of aromatic nitrogens is 1. The molecule has 0 bridgehead atoms. The number of nitrogen functional groups attached to an aromatic ring is 1. The Hall–Kier alpha value is -1.45. The molecule has 0 aromatic carbocycles. The van der Waals surface area contributed by atoms with Gasteiger partial charge in [-0.25, -0.2) is 0 Å². The Morgan fingerprint density at radius 2 is 2.18 bits per heavy atom. The van der Waals surface area contributed by atoms with E-state index in [0.717, 1.165) is 25.1 Å². The zero-order chi connectivity index (χ0) is 12.0. The van der Waals surface area contributed by atoms with Crippen LogP contribution >= 0.6 is 0 Å². The van der Waals surface area contributed by atoms with E-state index in [-0.39, 0.29) is 5.91 Å². The van der Waals surface area contributed by atoms with Crippen molar-refractivity contribution in [2.45, 2.75) is 44.7 Å². The van der Waals surface area contributed by atoms with E-state index >= 15 is 0 Å². The number of rotatable bonds is 2. The van der Waals surface area contributed by atoms with Crippen LogP contribution in [0.2, 0.25) is 0 Å². The van der Waals surface area contributed by atoms with E-state index in [0.29, 0.717) is 17.8 Å². The van der Waals surface area contributed by atoms with E-state index < -0.39 is 0 Å². The number of nitrogens with two attached hydrogens (primary N) is 1. The maximum absolute atomic E-state index is 12.5. The lowest BCUT2D eigenvalue weighted by molar-refractivity contribution is 0.0736. The molecule has 92 valence electrons. The lowest BCUT2D eigenvalue weighted by Crippen LogP contribution is -2.34. The van der Waals surface area contributed by atoms with Gasteiger partial charge in [0.2, 0.25) is 0 Å². The molecular weight excluding hydrogens is 214 g/mol. The van der Waals surface area contributed by atoms with Crippen molar-refractivity contribution in [3.05, 3.63) is 18.0 Å². The van der Waals surface area contributed by atoms with Gasteiger partial charge in [0.1, 0.15) is 5.69 Å². The van der Waals surface area contributed by atoms with E-state index in [9.17, 15) is 4.79 Å². The van der Waals surface area contributed by atoms with Crippen molar-refractivity contribution in [1.29, 1.82) is 0 Å². The zero-order valence-corrected chi connectivity index (χ0v) is 10.2. The minimum atomic E-state index is 0.151. The lowest BCUT2D eigenvalue weighted by Gasteiger charge is -2.22.